The second-order valence-electron chi connectivity index (χ2n) is 8.20. The number of hydrogen-bond donors (Lipinski definition) is 2. The molecule has 0 spiro atoms. The molecule has 5 rings (SSSR count). The van der Waals surface area contributed by atoms with Crippen LogP contribution < -0.4 is 5.32 Å². The zero-order valence-electron chi connectivity index (χ0n) is 18.8. The van der Waals surface area contributed by atoms with Gasteiger partial charge in [-0.1, -0.05) is 19.1 Å². The summed E-state index contributed by atoms with van der Waals surface area (Å²) in [6.07, 6.45) is 5.88. The van der Waals surface area contributed by atoms with Crippen molar-refractivity contribution < 1.29 is 14.6 Å². The number of carbonyl (C=O) groups excluding carboxylic acids is 1. The molecular weight excluding hydrogens is 452 g/mol. The predicted molar refractivity (Wildman–Crippen MR) is 131 cm³/mol. The van der Waals surface area contributed by atoms with Crippen LogP contribution in [0.1, 0.15) is 26.2 Å². The minimum Gasteiger partial charge on any atom is -0.508 e. The molecule has 34 heavy (non-hydrogen) atoms. The molecule has 9 nitrogen and oxygen atoms in total. The fraction of sp³-hybridized carbons (Fsp3) is 0.333. The highest BCUT2D eigenvalue weighted by Crippen LogP contribution is 2.34. The Morgan fingerprint density at radius 3 is 2.91 bits per heavy atom. The van der Waals surface area contributed by atoms with Crippen molar-refractivity contribution in [2.45, 2.75) is 32.2 Å². The van der Waals surface area contributed by atoms with Crippen molar-refractivity contribution in [2.75, 3.05) is 25.0 Å². The molecule has 0 atom stereocenters. The predicted octanol–water partition coefficient (Wildman–Crippen LogP) is 4.65. The number of aromatic nitrogens is 4. The standard InChI is InChI=1S/C24H26N6O3S/c1-2-13-33-24(32)29-10-7-17(8-11-29)26-22-25-9-6-19(27-22)21-20(16-4-3-5-18(31)15-16)28-23-30(21)12-14-34-23/h3-6,9,12,14-15,17,31H,2,7-8,10-11,13H2,1H3,(H,25,26,27). The van der Waals surface area contributed by atoms with Crippen LogP contribution in [-0.2, 0) is 4.74 Å². The maximum Gasteiger partial charge on any atom is 0.409 e. The number of amides is 1. The molecule has 10 heteroatoms. The molecule has 1 saturated heterocycles. The first kappa shape index (κ1) is 22.1. The van der Waals surface area contributed by atoms with Gasteiger partial charge in [0.15, 0.2) is 4.96 Å². The average Bonchev–Trinajstić information content (AvgIpc) is 3.45. The molecule has 0 radical (unpaired) electrons. The molecule has 3 aromatic heterocycles. The summed E-state index contributed by atoms with van der Waals surface area (Å²) >= 11 is 1.54. The van der Waals surface area contributed by atoms with E-state index in [2.05, 4.69) is 10.3 Å². The number of benzene rings is 1. The Morgan fingerprint density at radius 2 is 2.12 bits per heavy atom. The summed E-state index contributed by atoms with van der Waals surface area (Å²) in [7, 11) is 0. The van der Waals surface area contributed by atoms with Gasteiger partial charge in [-0.25, -0.2) is 19.7 Å². The molecular formula is C24H26N6O3S. The fourth-order valence-corrected chi connectivity index (χ4v) is 4.83. The van der Waals surface area contributed by atoms with Gasteiger partial charge >= 0.3 is 6.09 Å². The van der Waals surface area contributed by atoms with Crippen molar-refractivity contribution in [3.8, 4) is 28.4 Å². The van der Waals surface area contributed by atoms with Gasteiger partial charge in [0.05, 0.1) is 18.0 Å². The Morgan fingerprint density at radius 1 is 1.26 bits per heavy atom. The Hall–Kier alpha value is -3.66. The Labute approximate surface area is 201 Å². The highest BCUT2D eigenvalue weighted by atomic mass is 32.1. The maximum absolute atomic E-state index is 12.1. The fourth-order valence-electron chi connectivity index (χ4n) is 4.11. The van der Waals surface area contributed by atoms with Gasteiger partial charge in [-0.3, -0.25) is 4.40 Å². The molecule has 0 unspecified atom stereocenters. The van der Waals surface area contributed by atoms with Crippen molar-refractivity contribution >= 4 is 28.3 Å². The van der Waals surface area contributed by atoms with Crippen LogP contribution in [0, 0.1) is 0 Å². The van der Waals surface area contributed by atoms with E-state index in [0.717, 1.165) is 46.9 Å². The number of ether oxygens (including phenoxy) is 1. The number of thiazole rings is 1. The van der Waals surface area contributed by atoms with Crippen LogP contribution in [0.4, 0.5) is 10.7 Å². The third kappa shape index (κ3) is 4.54. The van der Waals surface area contributed by atoms with Crippen molar-refractivity contribution in [1.29, 1.82) is 0 Å². The number of carbonyl (C=O) groups is 1. The zero-order chi connectivity index (χ0) is 23.5. The number of nitrogens with one attached hydrogen (secondary N) is 1. The Balaban J connectivity index is 1.36. The smallest absolute Gasteiger partial charge is 0.409 e. The molecule has 2 N–H and O–H groups in total. The maximum atomic E-state index is 12.1. The van der Waals surface area contributed by atoms with E-state index >= 15 is 0 Å². The van der Waals surface area contributed by atoms with E-state index in [1.807, 2.05) is 35.0 Å². The molecule has 1 aromatic carbocycles. The molecule has 1 fully saturated rings. The lowest BCUT2D eigenvalue weighted by Crippen LogP contribution is -2.42. The van der Waals surface area contributed by atoms with Crippen LogP contribution in [0.3, 0.4) is 0 Å². The summed E-state index contributed by atoms with van der Waals surface area (Å²) in [6.45, 7) is 3.71. The Bertz CT molecular complexity index is 1290. The normalized spacial score (nSPS) is 14.4. The minimum absolute atomic E-state index is 0.169. The number of likely N-dealkylation sites (tertiary alicyclic amines) is 1. The first-order valence-corrected chi connectivity index (χ1v) is 12.3. The van der Waals surface area contributed by atoms with E-state index in [-0.39, 0.29) is 17.9 Å². The van der Waals surface area contributed by atoms with Crippen LogP contribution in [0.5, 0.6) is 5.75 Å². The minimum atomic E-state index is -0.237. The van der Waals surface area contributed by atoms with Crippen LogP contribution in [0.25, 0.3) is 27.6 Å². The summed E-state index contributed by atoms with van der Waals surface area (Å²) in [5.41, 5.74) is 3.16. The molecule has 1 amide bonds. The van der Waals surface area contributed by atoms with E-state index in [4.69, 9.17) is 14.7 Å². The molecule has 1 aliphatic rings. The number of piperidine rings is 1. The first-order chi connectivity index (χ1) is 16.6. The summed E-state index contributed by atoms with van der Waals surface area (Å²) in [4.78, 5) is 28.7. The molecule has 176 valence electrons. The number of imidazole rings is 1. The van der Waals surface area contributed by atoms with Gasteiger partial charge < -0.3 is 20.1 Å². The topological polar surface area (TPSA) is 105 Å². The van der Waals surface area contributed by atoms with Crippen molar-refractivity contribution in [3.05, 3.63) is 48.1 Å². The number of fused-ring (bicyclic) bond motifs is 1. The van der Waals surface area contributed by atoms with Gasteiger partial charge in [-0.15, -0.1) is 11.3 Å². The summed E-state index contributed by atoms with van der Waals surface area (Å²) < 4.78 is 7.25. The van der Waals surface area contributed by atoms with E-state index in [9.17, 15) is 9.90 Å². The number of anilines is 1. The molecule has 1 aliphatic heterocycles. The van der Waals surface area contributed by atoms with E-state index in [0.29, 0.717) is 25.6 Å². The SMILES string of the molecule is CCCOC(=O)N1CCC(Nc2nccc(-c3c(-c4cccc(O)c4)nc4sccn34)n2)CC1. The van der Waals surface area contributed by atoms with Crippen LogP contribution in [0.2, 0.25) is 0 Å². The third-order valence-corrected chi connectivity index (χ3v) is 6.55. The molecule has 0 aliphatic carbocycles. The summed E-state index contributed by atoms with van der Waals surface area (Å²) in [6, 6.07) is 9.11. The van der Waals surface area contributed by atoms with E-state index < -0.39 is 0 Å². The number of rotatable bonds is 6. The van der Waals surface area contributed by atoms with Gasteiger partial charge in [-0.05, 0) is 37.5 Å². The lowest BCUT2D eigenvalue weighted by Gasteiger charge is -2.31. The van der Waals surface area contributed by atoms with Crippen molar-refractivity contribution in [1.82, 2.24) is 24.3 Å². The summed E-state index contributed by atoms with van der Waals surface area (Å²) in [5, 5.41) is 15.4. The number of nitrogens with zero attached hydrogens (tertiary/aromatic N) is 5. The first-order valence-electron chi connectivity index (χ1n) is 11.4. The van der Waals surface area contributed by atoms with E-state index in [1.54, 1.807) is 40.6 Å². The van der Waals surface area contributed by atoms with E-state index in [1.165, 1.54) is 0 Å². The lowest BCUT2D eigenvalue weighted by molar-refractivity contribution is 0.0939. The quantitative estimate of drug-likeness (QED) is 0.416. The summed E-state index contributed by atoms with van der Waals surface area (Å²) in [5.74, 6) is 0.728. The lowest BCUT2D eigenvalue weighted by atomic mass is 10.1. The average molecular weight is 479 g/mol. The van der Waals surface area contributed by atoms with Gasteiger partial charge in [0, 0.05) is 42.5 Å². The van der Waals surface area contributed by atoms with Gasteiger partial charge in [0.1, 0.15) is 11.4 Å². The molecule has 0 saturated carbocycles. The largest absolute Gasteiger partial charge is 0.508 e. The second-order valence-corrected chi connectivity index (χ2v) is 9.07. The van der Waals surface area contributed by atoms with Crippen LogP contribution >= 0.6 is 11.3 Å². The van der Waals surface area contributed by atoms with Gasteiger partial charge in [0.25, 0.3) is 0 Å². The van der Waals surface area contributed by atoms with Crippen LogP contribution in [-0.4, -0.2) is 61.2 Å². The highest BCUT2D eigenvalue weighted by Gasteiger charge is 2.24. The number of phenols is 1. The van der Waals surface area contributed by atoms with Crippen LogP contribution in [0.15, 0.2) is 48.1 Å². The van der Waals surface area contributed by atoms with Gasteiger partial charge in [-0.2, -0.15) is 0 Å². The van der Waals surface area contributed by atoms with Gasteiger partial charge in [0.2, 0.25) is 5.95 Å². The zero-order valence-corrected chi connectivity index (χ0v) is 19.7. The number of aromatic hydroxyl groups is 1. The molecule has 4 aromatic rings. The molecule has 4 heterocycles. The highest BCUT2D eigenvalue weighted by molar-refractivity contribution is 7.15. The Kier molecular flexibility index (Phi) is 6.31. The van der Waals surface area contributed by atoms with Crippen molar-refractivity contribution in [2.24, 2.45) is 0 Å². The van der Waals surface area contributed by atoms with Crippen molar-refractivity contribution in [3.63, 3.8) is 0 Å². The third-order valence-electron chi connectivity index (χ3n) is 5.80. The number of phenolic OH excluding ortho intramolecular Hbond substituents is 1. The second kappa shape index (κ2) is 9.68. The molecule has 0 bridgehead atoms. The monoisotopic (exact) mass is 478 g/mol. The number of hydrogen-bond acceptors (Lipinski definition) is 8.